The van der Waals surface area contributed by atoms with Gasteiger partial charge in [0.15, 0.2) is 0 Å². The van der Waals surface area contributed by atoms with Crippen LogP contribution in [-0.4, -0.2) is 27.5 Å². The van der Waals surface area contributed by atoms with E-state index in [1.54, 1.807) is 18.3 Å². The number of halogens is 1. The van der Waals surface area contributed by atoms with E-state index in [1.165, 1.54) is 17.5 Å². The number of aryl methyl sites for hydroxylation is 1. The van der Waals surface area contributed by atoms with Gasteiger partial charge < -0.3 is 0 Å². The molecule has 2 fully saturated rings. The molecule has 1 amide bonds. The number of pyridine rings is 2. The van der Waals surface area contributed by atoms with Crippen molar-refractivity contribution >= 4 is 5.91 Å². The molecule has 0 unspecified atom stereocenters. The Kier molecular flexibility index (Phi) is 6.05. The molecule has 1 aliphatic carbocycles. The summed E-state index contributed by atoms with van der Waals surface area (Å²) in [4.78, 5) is 27.1. The molecule has 3 heterocycles. The van der Waals surface area contributed by atoms with E-state index >= 15 is 0 Å². The Morgan fingerprint density at radius 2 is 2.03 bits per heavy atom. The largest absolute Gasteiger partial charge is 0.272 e. The summed E-state index contributed by atoms with van der Waals surface area (Å²) in [6.45, 7) is 2.39. The molecule has 156 valence electrons. The van der Waals surface area contributed by atoms with E-state index in [0.29, 0.717) is 24.5 Å². The smallest absolute Gasteiger partial charge is 0.249 e. The first-order valence-corrected chi connectivity index (χ1v) is 10.5. The number of amides is 1. The van der Waals surface area contributed by atoms with Crippen molar-refractivity contribution in [3.05, 3.63) is 58.9 Å². The molecule has 0 aromatic carbocycles. The fraction of sp³-hybridized carbons (Fsp3) is 0.478. The van der Waals surface area contributed by atoms with E-state index in [9.17, 15) is 9.18 Å². The highest BCUT2D eigenvalue weighted by molar-refractivity contribution is 5.78. The highest BCUT2D eigenvalue weighted by Gasteiger charge is 2.37. The van der Waals surface area contributed by atoms with E-state index in [1.807, 2.05) is 6.92 Å². The molecule has 2 aliphatic rings. The topological polar surface area (TPSA) is 79.1 Å². The summed E-state index contributed by atoms with van der Waals surface area (Å²) in [5.74, 6) is 0.0809. The third kappa shape index (κ3) is 4.34. The van der Waals surface area contributed by atoms with Crippen LogP contribution in [0.15, 0.2) is 30.7 Å². The highest BCUT2D eigenvalue weighted by Crippen LogP contribution is 2.37. The summed E-state index contributed by atoms with van der Waals surface area (Å²) in [5, 5.41) is 10.6. The Morgan fingerprint density at radius 1 is 1.23 bits per heavy atom. The lowest BCUT2D eigenvalue weighted by Gasteiger charge is -2.32. The lowest BCUT2D eigenvalue weighted by atomic mass is 9.78. The standard InChI is InChI=1S/C23H25FN4O2/c1-15-19(10-21(24)14-27-15)8-16-2-4-18(5-3-16)23(29)28-22(6-7-30-28)20-9-17(11-25)12-26-13-20/h9-10,12-14,16,18,22H,2-8H2,1H3/t16?,18?,22-/m0/s1. The number of hydrogen-bond acceptors (Lipinski definition) is 5. The lowest BCUT2D eigenvalue weighted by molar-refractivity contribution is -0.183. The average molecular weight is 408 g/mol. The number of aromatic nitrogens is 2. The minimum atomic E-state index is -0.299. The average Bonchev–Trinajstić information content (AvgIpc) is 3.26. The molecule has 1 saturated carbocycles. The van der Waals surface area contributed by atoms with Crippen LogP contribution in [0, 0.1) is 35.9 Å². The number of nitriles is 1. The summed E-state index contributed by atoms with van der Waals surface area (Å²) in [6.07, 6.45) is 9.42. The van der Waals surface area contributed by atoms with Crippen molar-refractivity contribution in [2.24, 2.45) is 11.8 Å². The predicted molar refractivity (Wildman–Crippen MR) is 107 cm³/mol. The summed E-state index contributed by atoms with van der Waals surface area (Å²) >= 11 is 0. The molecule has 0 bridgehead atoms. The Morgan fingerprint density at radius 3 is 2.80 bits per heavy atom. The Balaban J connectivity index is 1.38. The van der Waals surface area contributed by atoms with Crippen LogP contribution in [0.5, 0.6) is 0 Å². The first kappa shape index (κ1) is 20.4. The van der Waals surface area contributed by atoms with E-state index in [-0.39, 0.29) is 23.7 Å². The van der Waals surface area contributed by atoms with Gasteiger partial charge >= 0.3 is 0 Å². The van der Waals surface area contributed by atoms with Gasteiger partial charge in [-0.05, 0) is 68.2 Å². The monoisotopic (exact) mass is 408 g/mol. The molecule has 1 saturated heterocycles. The molecule has 0 spiro atoms. The molecule has 0 radical (unpaired) electrons. The molecule has 7 heteroatoms. The Hall–Kier alpha value is -2.85. The molecule has 1 atom stereocenters. The van der Waals surface area contributed by atoms with Crippen LogP contribution in [0.4, 0.5) is 4.39 Å². The third-order valence-corrected chi connectivity index (χ3v) is 6.26. The fourth-order valence-electron chi connectivity index (χ4n) is 4.55. The van der Waals surface area contributed by atoms with Crippen LogP contribution in [0.2, 0.25) is 0 Å². The van der Waals surface area contributed by atoms with Crippen molar-refractivity contribution in [1.82, 2.24) is 15.0 Å². The predicted octanol–water partition coefficient (Wildman–Crippen LogP) is 4.05. The SMILES string of the molecule is Cc1ncc(F)cc1CC1CCC(C(=O)N2OCC[C@H]2c2cncc(C#N)c2)CC1. The van der Waals surface area contributed by atoms with Crippen molar-refractivity contribution in [2.75, 3.05) is 6.61 Å². The second kappa shape index (κ2) is 8.88. The van der Waals surface area contributed by atoms with Crippen molar-refractivity contribution in [2.45, 2.75) is 51.5 Å². The zero-order chi connectivity index (χ0) is 21.1. The Bertz CT molecular complexity index is 966. The number of hydroxylamine groups is 2. The summed E-state index contributed by atoms with van der Waals surface area (Å²) in [7, 11) is 0. The van der Waals surface area contributed by atoms with Gasteiger partial charge in [0.05, 0.1) is 24.4 Å². The molecular formula is C23H25FN4O2. The maximum absolute atomic E-state index is 13.5. The minimum Gasteiger partial charge on any atom is -0.272 e. The molecule has 4 rings (SSSR count). The van der Waals surface area contributed by atoms with Crippen LogP contribution in [0.25, 0.3) is 0 Å². The van der Waals surface area contributed by atoms with Gasteiger partial charge in [-0.3, -0.25) is 19.6 Å². The summed E-state index contributed by atoms with van der Waals surface area (Å²) < 4.78 is 13.5. The third-order valence-electron chi connectivity index (χ3n) is 6.26. The molecule has 1 aliphatic heterocycles. The summed E-state index contributed by atoms with van der Waals surface area (Å²) in [5.41, 5.74) is 3.14. The minimum absolute atomic E-state index is 0.0157. The number of nitrogens with zero attached hydrogens (tertiary/aromatic N) is 4. The van der Waals surface area contributed by atoms with E-state index in [0.717, 1.165) is 48.9 Å². The van der Waals surface area contributed by atoms with Crippen molar-refractivity contribution in [1.29, 1.82) is 5.26 Å². The normalized spacial score (nSPS) is 23.9. The quantitative estimate of drug-likeness (QED) is 0.763. The van der Waals surface area contributed by atoms with Crippen LogP contribution < -0.4 is 0 Å². The summed E-state index contributed by atoms with van der Waals surface area (Å²) in [6, 6.07) is 5.25. The molecule has 30 heavy (non-hydrogen) atoms. The van der Waals surface area contributed by atoms with Crippen LogP contribution in [0.1, 0.15) is 60.5 Å². The van der Waals surface area contributed by atoms with E-state index < -0.39 is 0 Å². The molecule has 6 nitrogen and oxygen atoms in total. The van der Waals surface area contributed by atoms with E-state index in [2.05, 4.69) is 16.0 Å². The molecule has 0 N–H and O–H groups in total. The number of carbonyl (C=O) groups excluding carboxylic acids is 1. The van der Waals surface area contributed by atoms with Gasteiger partial charge in [-0.2, -0.15) is 5.26 Å². The molecule has 2 aromatic rings. The van der Waals surface area contributed by atoms with Gasteiger partial charge in [0.2, 0.25) is 5.91 Å². The Labute approximate surface area is 175 Å². The molecular weight excluding hydrogens is 383 g/mol. The second-order valence-corrected chi connectivity index (χ2v) is 8.24. The maximum atomic E-state index is 13.5. The van der Waals surface area contributed by atoms with Crippen molar-refractivity contribution < 1.29 is 14.0 Å². The van der Waals surface area contributed by atoms with Gasteiger partial charge in [-0.15, -0.1) is 0 Å². The lowest BCUT2D eigenvalue weighted by Crippen LogP contribution is -2.36. The van der Waals surface area contributed by atoms with Gasteiger partial charge in [-0.1, -0.05) is 0 Å². The van der Waals surface area contributed by atoms with Gasteiger partial charge in [0, 0.05) is 30.4 Å². The van der Waals surface area contributed by atoms with E-state index in [4.69, 9.17) is 10.1 Å². The van der Waals surface area contributed by atoms with Crippen LogP contribution in [-0.2, 0) is 16.1 Å². The molecule has 2 aromatic heterocycles. The maximum Gasteiger partial charge on any atom is 0.249 e. The zero-order valence-electron chi connectivity index (χ0n) is 17.1. The van der Waals surface area contributed by atoms with Crippen LogP contribution >= 0.6 is 0 Å². The van der Waals surface area contributed by atoms with Gasteiger partial charge in [-0.25, -0.2) is 9.45 Å². The van der Waals surface area contributed by atoms with Crippen molar-refractivity contribution in [3.8, 4) is 6.07 Å². The number of carbonyl (C=O) groups is 1. The number of rotatable bonds is 4. The fourth-order valence-corrected chi connectivity index (χ4v) is 4.55. The zero-order valence-corrected chi connectivity index (χ0v) is 17.1. The number of hydrogen-bond donors (Lipinski definition) is 0. The van der Waals surface area contributed by atoms with Gasteiger partial charge in [0.1, 0.15) is 11.9 Å². The first-order valence-electron chi connectivity index (χ1n) is 10.5. The highest BCUT2D eigenvalue weighted by atomic mass is 19.1. The van der Waals surface area contributed by atoms with Crippen molar-refractivity contribution in [3.63, 3.8) is 0 Å². The first-order chi connectivity index (χ1) is 14.5. The van der Waals surface area contributed by atoms with Gasteiger partial charge in [0.25, 0.3) is 0 Å². The van der Waals surface area contributed by atoms with Crippen LogP contribution in [0.3, 0.4) is 0 Å². The second-order valence-electron chi connectivity index (χ2n) is 8.24.